The number of likely N-dealkylation sites (tertiary alicyclic amines) is 1. The van der Waals surface area contributed by atoms with Crippen molar-refractivity contribution in [1.82, 2.24) is 14.8 Å². The first-order valence-electron chi connectivity index (χ1n) is 8.74. The summed E-state index contributed by atoms with van der Waals surface area (Å²) in [5.41, 5.74) is -0.768. The number of anilines is 1. The van der Waals surface area contributed by atoms with Gasteiger partial charge in [-0.05, 0) is 25.0 Å². The molecule has 3 rings (SSSR count). The van der Waals surface area contributed by atoms with Crippen molar-refractivity contribution in [3.05, 3.63) is 24.4 Å². The number of amides is 1. The number of carboxylic acid groups (broad SMARTS) is 1. The summed E-state index contributed by atoms with van der Waals surface area (Å²) in [4.78, 5) is 34.4. The smallest absolute Gasteiger partial charge is 0.311 e. The molecule has 2 aliphatic rings. The molecule has 2 aliphatic heterocycles. The Labute approximate surface area is 148 Å². The number of carbonyl (C=O) groups is 2. The van der Waals surface area contributed by atoms with E-state index in [1.165, 1.54) is 0 Å². The molecule has 0 saturated carbocycles. The molecule has 1 aromatic heterocycles. The number of pyridine rings is 1. The van der Waals surface area contributed by atoms with Crippen LogP contribution in [-0.4, -0.2) is 78.6 Å². The number of fused-ring (bicyclic) bond motifs is 1. The fraction of sp³-hybridized carbons (Fsp3) is 0.611. The number of aliphatic carboxylic acids is 1. The van der Waals surface area contributed by atoms with Crippen molar-refractivity contribution in [1.29, 1.82) is 0 Å². The van der Waals surface area contributed by atoms with Gasteiger partial charge in [-0.15, -0.1) is 0 Å². The zero-order valence-corrected chi connectivity index (χ0v) is 14.9. The molecule has 7 heteroatoms. The van der Waals surface area contributed by atoms with Crippen LogP contribution < -0.4 is 4.90 Å². The second-order valence-corrected chi connectivity index (χ2v) is 7.35. The minimum atomic E-state index is -0.768. The number of nitrogens with zero attached hydrogens (tertiary/aromatic N) is 4. The number of hydrogen-bond donors (Lipinski definition) is 1. The van der Waals surface area contributed by atoms with E-state index in [-0.39, 0.29) is 18.4 Å². The minimum absolute atomic E-state index is 0.00975. The molecular weight excluding hydrogens is 320 g/mol. The third kappa shape index (κ3) is 3.46. The number of carboxylic acids is 1. The maximum absolute atomic E-state index is 12.2. The molecule has 7 nitrogen and oxygen atoms in total. The van der Waals surface area contributed by atoms with Crippen LogP contribution in [-0.2, 0) is 9.59 Å². The van der Waals surface area contributed by atoms with E-state index in [1.54, 1.807) is 25.2 Å². The van der Waals surface area contributed by atoms with Crippen molar-refractivity contribution >= 4 is 17.7 Å². The molecule has 2 saturated heterocycles. The Morgan fingerprint density at radius 3 is 2.80 bits per heavy atom. The lowest BCUT2D eigenvalue weighted by atomic mass is 9.75. The normalized spacial score (nSPS) is 26.8. The van der Waals surface area contributed by atoms with Gasteiger partial charge in [-0.3, -0.25) is 14.5 Å². The van der Waals surface area contributed by atoms with Crippen LogP contribution in [0.4, 0.5) is 5.82 Å². The summed E-state index contributed by atoms with van der Waals surface area (Å²) in [6.45, 7) is 2.84. The average Bonchev–Trinajstić information content (AvgIpc) is 2.82. The van der Waals surface area contributed by atoms with Crippen molar-refractivity contribution in [2.45, 2.75) is 12.8 Å². The van der Waals surface area contributed by atoms with E-state index in [0.29, 0.717) is 26.1 Å². The van der Waals surface area contributed by atoms with Gasteiger partial charge in [0.25, 0.3) is 0 Å². The highest BCUT2D eigenvalue weighted by atomic mass is 16.4. The third-order valence-electron chi connectivity index (χ3n) is 5.51. The second kappa shape index (κ2) is 7.00. The Balaban J connectivity index is 1.80. The molecule has 2 fully saturated rings. The predicted octanol–water partition coefficient (Wildman–Crippen LogP) is 0.773. The number of aromatic nitrogens is 1. The minimum Gasteiger partial charge on any atom is -0.481 e. The van der Waals surface area contributed by atoms with Gasteiger partial charge in [0.1, 0.15) is 5.82 Å². The molecule has 0 spiro atoms. The average molecular weight is 346 g/mol. The Morgan fingerprint density at radius 2 is 2.16 bits per heavy atom. The Bertz CT molecular complexity index is 636. The van der Waals surface area contributed by atoms with Gasteiger partial charge < -0.3 is 14.9 Å². The van der Waals surface area contributed by atoms with Crippen LogP contribution >= 0.6 is 0 Å². The van der Waals surface area contributed by atoms with E-state index >= 15 is 0 Å². The highest BCUT2D eigenvalue weighted by Crippen LogP contribution is 2.43. The summed E-state index contributed by atoms with van der Waals surface area (Å²) in [6.07, 6.45) is 3.22. The number of rotatable bonds is 4. The van der Waals surface area contributed by atoms with Gasteiger partial charge in [-0.25, -0.2) is 4.98 Å². The molecule has 0 aliphatic carbocycles. The molecule has 0 aromatic carbocycles. The molecule has 1 amide bonds. The highest BCUT2D eigenvalue weighted by molar-refractivity contribution is 5.79. The fourth-order valence-corrected chi connectivity index (χ4v) is 4.09. The lowest BCUT2D eigenvalue weighted by Gasteiger charge is -2.30. The quantitative estimate of drug-likeness (QED) is 0.868. The lowest BCUT2D eigenvalue weighted by molar-refractivity contribution is -0.151. The van der Waals surface area contributed by atoms with Crippen molar-refractivity contribution in [3.8, 4) is 0 Å². The summed E-state index contributed by atoms with van der Waals surface area (Å²) in [5.74, 6) is 0.162. The van der Waals surface area contributed by atoms with E-state index in [4.69, 9.17) is 0 Å². The molecule has 136 valence electrons. The number of carbonyl (C=O) groups excluding carboxylic acids is 1. The van der Waals surface area contributed by atoms with E-state index in [1.807, 2.05) is 23.1 Å². The maximum atomic E-state index is 12.2. The molecular formula is C18H26N4O3. The van der Waals surface area contributed by atoms with Gasteiger partial charge in [0.2, 0.25) is 5.91 Å². The predicted molar refractivity (Wildman–Crippen MR) is 94.4 cm³/mol. The molecule has 0 radical (unpaired) electrons. The van der Waals surface area contributed by atoms with Crippen LogP contribution in [0.25, 0.3) is 0 Å². The van der Waals surface area contributed by atoms with E-state index in [2.05, 4.69) is 9.88 Å². The maximum Gasteiger partial charge on any atom is 0.311 e. The third-order valence-corrected chi connectivity index (χ3v) is 5.51. The largest absolute Gasteiger partial charge is 0.481 e. The fourth-order valence-electron chi connectivity index (χ4n) is 4.09. The molecule has 0 unspecified atom stereocenters. The molecule has 2 atom stereocenters. The van der Waals surface area contributed by atoms with Gasteiger partial charge >= 0.3 is 5.97 Å². The van der Waals surface area contributed by atoms with E-state index in [9.17, 15) is 14.7 Å². The van der Waals surface area contributed by atoms with Gasteiger partial charge in [0, 0.05) is 52.4 Å². The first kappa shape index (κ1) is 17.7. The summed E-state index contributed by atoms with van der Waals surface area (Å²) in [6, 6.07) is 5.80. The Kier molecular flexibility index (Phi) is 4.94. The van der Waals surface area contributed by atoms with Crippen LogP contribution in [0.15, 0.2) is 24.4 Å². The Hall–Kier alpha value is -2.15. The monoisotopic (exact) mass is 346 g/mol. The molecule has 1 N–H and O–H groups in total. The van der Waals surface area contributed by atoms with Crippen LogP contribution in [0.2, 0.25) is 0 Å². The molecule has 0 bridgehead atoms. The van der Waals surface area contributed by atoms with Crippen LogP contribution in [0, 0.1) is 11.3 Å². The summed E-state index contributed by atoms with van der Waals surface area (Å²) in [5, 5.41) is 9.99. The van der Waals surface area contributed by atoms with E-state index in [0.717, 1.165) is 18.8 Å². The topological polar surface area (TPSA) is 77.0 Å². The highest BCUT2D eigenvalue weighted by Gasteiger charge is 2.53. The first-order valence-corrected chi connectivity index (χ1v) is 8.74. The summed E-state index contributed by atoms with van der Waals surface area (Å²) < 4.78 is 0. The summed E-state index contributed by atoms with van der Waals surface area (Å²) in [7, 11) is 3.46. The standard InChI is InChI=1S/C18H26N4O3/c1-20(2)16(23)12-21-10-14-11-22(15-6-3-4-8-19-15)9-5-7-18(14,13-21)17(24)25/h3-4,6,8,14H,5,7,9-13H2,1-2H3,(H,24,25)/t14-,18+/m1/s1. The van der Waals surface area contributed by atoms with Gasteiger partial charge in [-0.1, -0.05) is 6.07 Å². The van der Waals surface area contributed by atoms with Crippen LogP contribution in [0.1, 0.15) is 12.8 Å². The van der Waals surface area contributed by atoms with Crippen LogP contribution in [0.3, 0.4) is 0 Å². The molecule has 25 heavy (non-hydrogen) atoms. The van der Waals surface area contributed by atoms with Gasteiger partial charge in [0.05, 0.1) is 12.0 Å². The number of hydrogen-bond acceptors (Lipinski definition) is 5. The Morgan fingerprint density at radius 1 is 1.36 bits per heavy atom. The molecule has 3 heterocycles. The van der Waals surface area contributed by atoms with Crippen molar-refractivity contribution < 1.29 is 14.7 Å². The second-order valence-electron chi connectivity index (χ2n) is 7.35. The van der Waals surface area contributed by atoms with Gasteiger partial charge in [-0.2, -0.15) is 0 Å². The van der Waals surface area contributed by atoms with Crippen molar-refractivity contribution in [2.75, 3.05) is 51.7 Å². The lowest BCUT2D eigenvalue weighted by Crippen LogP contribution is -2.42. The molecule has 1 aromatic rings. The SMILES string of the molecule is CN(C)C(=O)CN1C[C@@H]2CN(c3ccccn3)CCC[C@]2(C(=O)O)C1. The summed E-state index contributed by atoms with van der Waals surface area (Å²) >= 11 is 0. The van der Waals surface area contributed by atoms with Crippen molar-refractivity contribution in [2.24, 2.45) is 11.3 Å². The first-order chi connectivity index (χ1) is 11.9. The zero-order chi connectivity index (χ0) is 18.0. The van der Waals surface area contributed by atoms with Crippen LogP contribution in [0.5, 0.6) is 0 Å². The number of likely N-dealkylation sites (N-methyl/N-ethyl adjacent to an activating group) is 1. The zero-order valence-electron chi connectivity index (χ0n) is 14.9. The van der Waals surface area contributed by atoms with E-state index < -0.39 is 11.4 Å². The van der Waals surface area contributed by atoms with Crippen molar-refractivity contribution in [3.63, 3.8) is 0 Å². The van der Waals surface area contributed by atoms with Gasteiger partial charge in [0.15, 0.2) is 0 Å².